The number of benzene rings is 1. The zero-order valence-electron chi connectivity index (χ0n) is 11.0. The largest absolute Gasteiger partial charge is 0.417 e. The average Bonchev–Trinajstić information content (AvgIpc) is 2.36. The van der Waals surface area contributed by atoms with E-state index in [4.69, 9.17) is 0 Å². The van der Waals surface area contributed by atoms with Crippen LogP contribution in [0, 0.1) is 0 Å². The third-order valence-electron chi connectivity index (χ3n) is 2.71. The highest BCUT2D eigenvalue weighted by Gasteiger charge is 2.38. The number of unbranched alkanes of at least 4 members (excludes halogenated alkanes) is 1. The van der Waals surface area contributed by atoms with Crippen molar-refractivity contribution in [2.24, 2.45) is 0 Å². The number of hydrogen-bond donors (Lipinski definition) is 1. The number of nitrogens with one attached hydrogen (secondary N) is 1. The van der Waals surface area contributed by atoms with Crippen molar-refractivity contribution in [2.45, 2.75) is 32.1 Å². The van der Waals surface area contributed by atoms with Crippen LogP contribution < -0.4 is 5.32 Å². The molecule has 1 N–H and O–H groups in total. The Morgan fingerprint density at radius 3 is 2.19 bits per heavy atom. The molecule has 0 saturated heterocycles. The second-order valence-electron chi connectivity index (χ2n) is 4.37. The van der Waals surface area contributed by atoms with Crippen LogP contribution in [-0.2, 0) is 12.4 Å². The van der Waals surface area contributed by atoms with Crippen LogP contribution in [0.3, 0.4) is 0 Å². The first-order valence-electron chi connectivity index (χ1n) is 6.14. The maximum atomic E-state index is 12.8. The van der Waals surface area contributed by atoms with Gasteiger partial charge in [-0.3, -0.25) is 4.79 Å². The second-order valence-corrected chi connectivity index (χ2v) is 4.37. The SMILES string of the molecule is CCCCNC(=O)c1cc(C(F)(F)F)ccc1C(F)(F)F. The summed E-state index contributed by atoms with van der Waals surface area (Å²) in [7, 11) is 0. The molecule has 1 aromatic rings. The van der Waals surface area contributed by atoms with E-state index in [1.54, 1.807) is 6.92 Å². The van der Waals surface area contributed by atoms with Crippen LogP contribution in [0.25, 0.3) is 0 Å². The summed E-state index contributed by atoms with van der Waals surface area (Å²) in [5.41, 5.74) is -3.70. The smallest absolute Gasteiger partial charge is 0.352 e. The standard InChI is InChI=1S/C13H13F6NO/c1-2-3-6-20-11(21)9-7-8(12(14,15)16)4-5-10(9)13(17,18)19/h4-5,7H,2-3,6H2,1H3,(H,20,21). The van der Waals surface area contributed by atoms with Gasteiger partial charge in [-0.2, -0.15) is 26.3 Å². The molecule has 0 spiro atoms. The van der Waals surface area contributed by atoms with Crippen molar-refractivity contribution < 1.29 is 31.1 Å². The second kappa shape index (κ2) is 6.36. The summed E-state index contributed by atoms with van der Waals surface area (Å²) in [6.45, 7) is 1.90. The van der Waals surface area contributed by atoms with Gasteiger partial charge in [0.1, 0.15) is 0 Å². The number of halogens is 6. The third kappa shape index (κ3) is 4.64. The number of rotatable bonds is 4. The fourth-order valence-electron chi connectivity index (χ4n) is 1.63. The van der Waals surface area contributed by atoms with E-state index in [0.717, 1.165) is 0 Å². The van der Waals surface area contributed by atoms with Gasteiger partial charge in [0.2, 0.25) is 0 Å². The Balaban J connectivity index is 3.20. The highest BCUT2D eigenvalue weighted by molar-refractivity contribution is 5.96. The summed E-state index contributed by atoms with van der Waals surface area (Å²) < 4.78 is 76.0. The van der Waals surface area contributed by atoms with Gasteiger partial charge in [-0.15, -0.1) is 0 Å². The van der Waals surface area contributed by atoms with Gasteiger partial charge < -0.3 is 5.32 Å². The predicted octanol–water partition coefficient (Wildman–Crippen LogP) is 4.25. The molecule has 1 amide bonds. The van der Waals surface area contributed by atoms with E-state index in [1.807, 2.05) is 0 Å². The van der Waals surface area contributed by atoms with Gasteiger partial charge in [-0.25, -0.2) is 0 Å². The van der Waals surface area contributed by atoms with Gasteiger partial charge >= 0.3 is 12.4 Å². The molecule has 2 nitrogen and oxygen atoms in total. The van der Waals surface area contributed by atoms with Crippen molar-refractivity contribution in [3.05, 3.63) is 34.9 Å². The molecule has 118 valence electrons. The molecular weight excluding hydrogens is 300 g/mol. The molecule has 0 fully saturated rings. The molecule has 0 atom stereocenters. The van der Waals surface area contributed by atoms with E-state index >= 15 is 0 Å². The quantitative estimate of drug-likeness (QED) is 0.653. The Morgan fingerprint density at radius 2 is 1.71 bits per heavy atom. The van der Waals surface area contributed by atoms with Crippen molar-refractivity contribution in [3.8, 4) is 0 Å². The summed E-state index contributed by atoms with van der Waals surface area (Å²) in [6, 6.07) is 0.813. The predicted molar refractivity (Wildman–Crippen MR) is 63.7 cm³/mol. The number of alkyl halides is 6. The first-order chi connectivity index (χ1) is 9.57. The van der Waals surface area contributed by atoms with Crippen LogP contribution in [0.4, 0.5) is 26.3 Å². The highest BCUT2D eigenvalue weighted by Crippen LogP contribution is 2.36. The van der Waals surface area contributed by atoms with E-state index in [9.17, 15) is 31.1 Å². The molecule has 21 heavy (non-hydrogen) atoms. The van der Waals surface area contributed by atoms with E-state index < -0.39 is 35.0 Å². The lowest BCUT2D eigenvalue weighted by Gasteiger charge is -2.15. The first kappa shape index (κ1) is 17.3. The van der Waals surface area contributed by atoms with Crippen molar-refractivity contribution in [1.29, 1.82) is 0 Å². The monoisotopic (exact) mass is 313 g/mol. The van der Waals surface area contributed by atoms with Crippen molar-refractivity contribution in [1.82, 2.24) is 5.32 Å². The van der Waals surface area contributed by atoms with Crippen molar-refractivity contribution in [2.75, 3.05) is 6.54 Å². The lowest BCUT2D eigenvalue weighted by Crippen LogP contribution is -2.27. The van der Waals surface area contributed by atoms with Gasteiger partial charge in [0.05, 0.1) is 16.7 Å². The Kier molecular flexibility index (Phi) is 5.25. The molecule has 0 heterocycles. The van der Waals surface area contributed by atoms with Gasteiger partial charge in [-0.1, -0.05) is 13.3 Å². The molecule has 0 saturated carbocycles. The average molecular weight is 313 g/mol. The Hall–Kier alpha value is -1.73. The van der Waals surface area contributed by atoms with Crippen LogP contribution >= 0.6 is 0 Å². The molecule has 8 heteroatoms. The molecule has 1 aromatic carbocycles. The molecule has 0 aliphatic heterocycles. The minimum absolute atomic E-state index is 0.100. The van der Waals surface area contributed by atoms with E-state index in [-0.39, 0.29) is 18.7 Å². The van der Waals surface area contributed by atoms with Crippen LogP contribution in [-0.4, -0.2) is 12.5 Å². The normalized spacial score (nSPS) is 12.3. The maximum absolute atomic E-state index is 12.8. The Bertz CT molecular complexity index is 506. The van der Waals surface area contributed by atoms with Gasteiger partial charge in [0, 0.05) is 6.54 Å². The molecule has 0 aliphatic carbocycles. The van der Waals surface area contributed by atoms with E-state index in [1.165, 1.54) is 0 Å². The molecule has 0 aliphatic rings. The first-order valence-corrected chi connectivity index (χ1v) is 6.14. The summed E-state index contributed by atoms with van der Waals surface area (Å²) in [4.78, 5) is 11.7. The lowest BCUT2D eigenvalue weighted by molar-refractivity contribution is -0.141. The fourth-order valence-corrected chi connectivity index (χ4v) is 1.63. The number of carbonyl (C=O) groups excluding carboxylic acids is 1. The summed E-state index contributed by atoms with van der Waals surface area (Å²) in [6.07, 6.45) is -8.51. The maximum Gasteiger partial charge on any atom is 0.417 e. The zero-order chi connectivity index (χ0) is 16.3. The van der Waals surface area contributed by atoms with Crippen LogP contribution in [0.2, 0.25) is 0 Å². The minimum atomic E-state index is -4.90. The Morgan fingerprint density at radius 1 is 1.10 bits per heavy atom. The minimum Gasteiger partial charge on any atom is -0.352 e. The van der Waals surface area contributed by atoms with Gasteiger partial charge in [0.25, 0.3) is 5.91 Å². The zero-order valence-corrected chi connectivity index (χ0v) is 11.0. The molecular formula is C13H13F6NO. The van der Waals surface area contributed by atoms with Gasteiger partial charge in [-0.05, 0) is 24.6 Å². The van der Waals surface area contributed by atoms with Crippen molar-refractivity contribution in [3.63, 3.8) is 0 Å². The van der Waals surface area contributed by atoms with E-state index in [0.29, 0.717) is 18.9 Å². The third-order valence-corrected chi connectivity index (χ3v) is 2.71. The summed E-state index contributed by atoms with van der Waals surface area (Å²) in [5.74, 6) is -1.16. The van der Waals surface area contributed by atoms with Crippen LogP contribution in [0.1, 0.15) is 41.3 Å². The van der Waals surface area contributed by atoms with Crippen LogP contribution in [0.15, 0.2) is 18.2 Å². The van der Waals surface area contributed by atoms with Crippen molar-refractivity contribution >= 4 is 5.91 Å². The molecule has 0 aromatic heterocycles. The topological polar surface area (TPSA) is 29.1 Å². The number of carbonyl (C=O) groups is 1. The summed E-state index contributed by atoms with van der Waals surface area (Å²) >= 11 is 0. The number of amides is 1. The fraction of sp³-hybridized carbons (Fsp3) is 0.462. The molecule has 1 rings (SSSR count). The highest BCUT2D eigenvalue weighted by atomic mass is 19.4. The van der Waals surface area contributed by atoms with E-state index in [2.05, 4.69) is 5.32 Å². The van der Waals surface area contributed by atoms with Gasteiger partial charge in [0.15, 0.2) is 0 Å². The summed E-state index contributed by atoms with van der Waals surface area (Å²) in [5, 5.41) is 2.18. The molecule has 0 bridgehead atoms. The number of hydrogen-bond acceptors (Lipinski definition) is 1. The van der Waals surface area contributed by atoms with Crippen LogP contribution in [0.5, 0.6) is 0 Å². The molecule has 0 radical (unpaired) electrons. The lowest BCUT2D eigenvalue weighted by atomic mass is 10.0. The molecule has 0 unspecified atom stereocenters. The Labute approximate surface area is 117 Å².